The molecule has 0 aliphatic carbocycles. The lowest BCUT2D eigenvalue weighted by atomic mass is 9.99. The van der Waals surface area contributed by atoms with Gasteiger partial charge in [0.05, 0.1) is 33.3 Å². The Hall–Kier alpha value is -7.44. The highest BCUT2D eigenvalue weighted by atomic mass is 15.2. The summed E-state index contributed by atoms with van der Waals surface area (Å²) in [5, 5.41) is 5.65. The van der Waals surface area contributed by atoms with Gasteiger partial charge in [-0.25, -0.2) is 9.97 Å². The monoisotopic (exact) mass is 690 g/mol. The van der Waals surface area contributed by atoms with Gasteiger partial charge in [-0.3, -0.25) is 4.57 Å². The van der Waals surface area contributed by atoms with Gasteiger partial charge in [0.2, 0.25) is 5.95 Å². The van der Waals surface area contributed by atoms with Crippen LogP contribution in [0.3, 0.4) is 0 Å². The topological polar surface area (TPSA) is 61.4 Å². The van der Waals surface area contributed by atoms with Crippen molar-refractivity contribution in [1.29, 1.82) is 0 Å². The number of rotatable bonds is 5. The van der Waals surface area contributed by atoms with Gasteiger partial charge >= 0.3 is 0 Å². The SMILES string of the molecule is c1ccc(-c2nc(-c3ccccc3)nc(-n3c4ccccc4c4c3cc(-c3ccc5ccccc5n3)c3c5ccccc5n(-c5ccccc5)c34)n2)cc1. The molecule has 0 unspecified atom stereocenters. The number of pyridine rings is 1. The Morgan fingerprint density at radius 1 is 0.389 bits per heavy atom. The highest BCUT2D eigenvalue weighted by molar-refractivity contribution is 6.29. The van der Waals surface area contributed by atoms with E-state index in [1.54, 1.807) is 0 Å². The molecule has 0 amide bonds. The molecule has 4 aromatic heterocycles. The second kappa shape index (κ2) is 12.1. The zero-order valence-electron chi connectivity index (χ0n) is 29.0. The van der Waals surface area contributed by atoms with E-state index >= 15 is 0 Å². The maximum Gasteiger partial charge on any atom is 0.238 e. The Labute approximate surface area is 310 Å². The molecule has 0 spiro atoms. The molecule has 7 aromatic carbocycles. The number of fused-ring (bicyclic) bond motifs is 8. The van der Waals surface area contributed by atoms with E-state index in [-0.39, 0.29) is 0 Å². The number of benzene rings is 7. The van der Waals surface area contributed by atoms with E-state index in [2.05, 4.69) is 124 Å². The minimum atomic E-state index is 0.549. The Bertz CT molecular complexity index is 3140. The molecule has 0 fully saturated rings. The Balaban J connectivity index is 1.34. The molecule has 6 nitrogen and oxygen atoms in total. The van der Waals surface area contributed by atoms with Crippen molar-refractivity contribution >= 4 is 54.5 Å². The van der Waals surface area contributed by atoms with Gasteiger partial charge in [-0.1, -0.05) is 140 Å². The molecule has 4 heterocycles. The van der Waals surface area contributed by atoms with Crippen LogP contribution in [0, 0.1) is 0 Å². The molecule has 252 valence electrons. The molecular weight excluding hydrogens is 661 g/mol. The molecule has 0 aliphatic heterocycles. The molecule has 0 saturated heterocycles. The van der Waals surface area contributed by atoms with Crippen molar-refractivity contribution in [1.82, 2.24) is 29.1 Å². The molecule has 0 saturated carbocycles. The van der Waals surface area contributed by atoms with E-state index in [1.165, 1.54) is 0 Å². The van der Waals surface area contributed by atoms with Crippen molar-refractivity contribution in [2.45, 2.75) is 0 Å². The van der Waals surface area contributed by atoms with Crippen LogP contribution < -0.4 is 0 Å². The van der Waals surface area contributed by atoms with Gasteiger partial charge in [-0.2, -0.15) is 9.97 Å². The third kappa shape index (κ3) is 4.67. The quantitative estimate of drug-likeness (QED) is 0.180. The van der Waals surface area contributed by atoms with Crippen molar-refractivity contribution < 1.29 is 0 Å². The van der Waals surface area contributed by atoms with Crippen LogP contribution in [-0.4, -0.2) is 29.1 Å². The summed E-state index contributed by atoms with van der Waals surface area (Å²) >= 11 is 0. The first kappa shape index (κ1) is 30.2. The fraction of sp³-hybridized carbons (Fsp3) is 0. The van der Waals surface area contributed by atoms with Crippen molar-refractivity contribution in [2.24, 2.45) is 0 Å². The van der Waals surface area contributed by atoms with E-state index in [4.69, 9.17) is 19.9 Å². The molecule has 11 rings (SSSR count). The van der Waals surface area contributed by atoms with Crippen LogP contribution in [0.1, 0.15) is 0 Å². The molecule has 0 N–H and O–H groups in total. The molecular formula is C48H30N6. The fourth-order valence-corrected chi connectivity index (χ4v) is 7.98. The summed E-state index contributed by atoms with van der Waals surface area (Å²) in [5.41, 5.74) is 10.1. The van der Waals surface area contributed by atoms with E-state index in [0.717, 1.165) is 82.6 Å². The van der Waals surface area contributed by atoms with Crippen LogP contribution in [-0.2, 0) is 0 Å². The van der Waals surface area contributed by atoms with Crippen molar-refractivity contribution in [3.05, 3.63) is 182 Å². The minimum absolute atomic E-state index is 0.549. The first-order valence-electron chi connectivity index (χ1n) is 18.1. The van der Waals surface area contributed by atoms with Gasteiger partial charge in [0.15, 0.2) is 11.6 Å². The average Bonchev–Trinajstić information content (AvgIpc) is 3.77. The lowest BCUT2D eigenvalue weighted by molar-refractivity contribution is 0.953. The summed E-state index contributed by atoms with van der Waals surface area (Å²) in [4.78, 5) is 20.8. The van der Waals surface area contributed by atoms with Gasteiger partial charge in [0.25, 0.3) is 0 Å². The van der Waals surface area contributed by atoms with Crippen LogP contribution >= 0.6 is 0 Å². The van der Waals surface area contributed by atoms with Gasteiger partial charge in [0, 0.05) is 49.3 Å². The Kier molecular flexibility index (Phi) is 6.75. The lowest BCUT2D eigenvalue weighted by Crippen LogP contribution is -2.06. The van der Waals surface area contributed by atoms with Crippen LogP contribution in [0.5, 0.6) is 0 Å². The first-order chi connectivity index (χ1) is 26.8. The van der Waals surface area contributed by atoms with Crippen molar-refractivity contribution in [2.75, 3.05) is 0 Å². The smallest absolute Gasteiger partial charge is 0.238 e. The van der Waals surface area contributed by atoms with Crippen LogP contribution in [0.15, 0.2) is 182 Å². The summed E-state index contributed by atoms with van der Waals surface area (Å²) < 4.78 is 4.62. The second-order valence-corrected chi connectivity index (χ2v) is 13.5. The Morgan fingerprint density at radius 3 is 1.63 bits per heavy atom. The average molecular weight is 691 g/mol. The predicted molar refractivity (Wildman–Crippen MR) is 220 cm³/mol. The zero-order chi connectivity index (χ0) is 35.6. The van der Waals surface area contributed by atoms with Gasteiger partial charge in [-0.05, 0) is 42.5 Å². The van der Waals surface area contributed by atoms with Gasteiger partial charge < -0.3 is 4.57 Å². The third-order valence-corrected chi connectivity index (χ3v) is 10.3. The van der Waals surface area contributed by atoms with Crippen molar-refractivity contribution in [3.8, 4) is 45.7 Å². The number of hydrogen-bond acceptors (Lipinski definition) is 4. The van der Waals surface area contributed by atoms with E-state index in [0.29, 0.717) is 17.6 Å². The zero-order valence-corrected chi connectivity index (χ0v) is 29.0. The molecule has 0 bridgehead atoms. The molecule has 54 heavy (non-hydrogen) atoms. The standard InChI is InChI=1S/C48H30N6/c1-4-17-32(18-5-1)46-50-47(33-19-6-2-7-20-33)52-48(51-46)54-41-27-15-12-24-36(41)44-42(54)30-37(39-29-28-31-16-10-13-25-38(31)49-39)43-35-23-11-14-26-40(35)53(45(43)44)34-21-8-3-9-22-34/h1-30H. The van der Waals surface area contributed by atoms with Crippen LogP contribution in [0.25, 0.3) is 100 Å². The van der Waals surface area contributed by atoms with Crippen LogP contribution in [0.2, 0.25) is 0 Å². The van der Waals surface area contributed by atoms with E-state index < -0.39 is 0 Å². The van der Waals surface area contributed by atoms with E-state index in [9.17, 15) is 0 Å². The highest BCUT2D eigenvalue weighted by Crippen LogP contribution is 2.46. The first-order valence-corrected chi connectivity index (χ1v) is 18.1. The number of hydrogen-bond donors (Lipinski definition) is 0. The lowest BCUT2D eigenvalue weighted by Gasteiger charge is -2.13. The van der Waals surface area contributed by atoms with E-state index in [1.807, 2.05) is 66.7 Å². The molecule has 0 aliphatic rings. The van der Waals surface area contributed by atoms with Crippen molar-refractivity contribution in [3.63, 3.8) is 0 Å². The van der Waals surface area contributed by atoms with Gasteiger partial charge in [0.1, 0.15) is 0 Å². The number of nitrogens with zero attached hydrogens (tertiary/aromatic N) is 6. The molecule has 0 atom stereocenters. The summed E-state index contributed by atoms with van der Waals surface area (Å²) in [6.45, 7) is 0. The summed E-state index contributed by atoms with van der Waals surface area (Å²) in [5.74, 6) is 1.77. The van der Waals surface area contributed by atoms with Crippen LogP contribution in [0.4, 0.5) is 0 Å². The Morgan fingerprint density at radius 2 is 0.944 bits per heavy atom. The normalized spacial score (nSPS) is 11.7. The fourth-order valence-electron chi connectivity index (χ4n) is 7.98. The maximum atomic E-state index is 5.30. The largest absolute Gasteiger partial charge is 0.309 e. The second-order valence-electron chi connectivity index (χ2n) is 13.5. The molecule has 6 heteroatoms. The number of aromatic nitrogens is 6. The molecule has 0 radical (unpaired) electrons. The summed E-state index contributed by atoms with van der Waals surface area (Å²) in [6, 6.07) is 63.1. The van der Waals surface area contributed by atoms with Gasteiger partial charge in [-0.15, -0.1) is 0 Å². The number of para-hydroxylation sites is 4. The maximum absolute atomic E-state index is 5.30. The summed E-state index contributed by atoms with van der Waals surface area (Å²) in [7, 11) is 0. The predicted octanol–water partition coefficient (Wildman–Crippen LogP) is 11.6. The highest BCUT2D eigenvalue weighted by Gasteiger charge is 2.26. The summed E-state index contributed by atoms with van der Waals surface area (Å²) in [6.07, 6.45) is 0. The minimum Gasteiger partial charge on any atom is -0.309 e. The molecule has 11 aromatic rings. The third-order valence-electron chi connectivity index (χ3n) is 10.3.